The van der Waals surface area contributed by atoms with Crippen LogP contribution in [0.3, 0.4) is 0 Å². The summed E-state index contributed by atoms with van der Waals surface area (Å²) in [6.45, 7) is 3.76. The molecule has 4 heteroatoms. The van der Waals surface area contributed by atoms with Crippen LogP contribution in [0.5, 0.6) is 0 Å². The Kier molecular flexibility index (Phi) is 1.96. The molecule has 2 aromatic heterocycles. The second kappa shape index (κ2) is 3.14. The second-order valence-electron chi connectivity index (χ2n) is 3.18. The molecule has 0 bridgehead atoms. The summed E-state index contributed by atoms with van der Waals surface area (Å²) >= 11 is 0. The van der Waals surface area contributed by atoms with Crippen molar-refractivity contribution in [2.75, 3.05) is 5.73 Å². The maximum Gasteiger partial charge on any atom is 0.143 e. The zero-order valence-corrected chi connectivity index (χ0v) is 8.11. The van der Waals surface area contributed by atoms with Gasteiger partial charge in [0, 0.05) is 0 Å². The highest BCUT2D eigenvalue weighted by Crippen LogP contribution is 2.24. The maximum atomic E-state index is 5.55. The summed E-state index contributed by atoms with van der Waals surface area (Å²) in [6.07, 6.45) is 1.63. The molecule has 2 heterocycles. The maximum absolute atomic E-state index is 5.55. The molecule has 0 unspecified atom stereocenters. The molecule has 4 nitrogen and oxygen atoms in total. The molecule has 0 radical (unpaired) electrons. The highest BCUT2D eigenvalue weighted by Gasteiger charge is 2.11. The predicted molar refractivity (Wildman–Crippen MR) is 53.6 cm³/mol. The number of nitrogens with zero attached hydrogens (tertiary/aromatic N) is 2. The van der Waals surface area contributed by atoms with Crippen LogP contribution in [0.2, 0.25) is 0 Å². The van der Waals surface area contributed by atoms with Gasteiger partial charge in [0.15, 0.2) is 0 Å². The standard InChI is InChI=1S/C10H11N3O/c1-6-10(7(2)14-13-6)9-4-3-8(11)5-12-9/h3-5H,11H2,1-2H3. The molecule has 2 rings (SSSR count). The van der Waals surface area contributed by atoms with Crippen LogP contribution in [0.25, 0.3) is 11.3 Å². The number of pyridine rings is 1. The van der Waals surface area contributed by atoms with Crippen molar-refractivity contribution in [3.63, 3.8) is 0 Å². The van der Waals surface area contributed by atoms with Crippen molar-refractivity contribution in [3.05, 3.63) is 29.8 Å². The quantitative estimate of drug-likeness (QED) is 0.744. The number of aromatic nitrogens is 2. The van der Waals surface area contributed by atoms with E-state index in [1.54, 1.807) is 6.20 Å². The van der Waals surface area contributed by atoms with Crippen molar-refractivity contribution in [3.8, 4) is 11.3 Å². The molecule has 0 aliphatic carbocycles. The molecule has 0 aromatic carbocycles. The highest BCUT2D eigenvalue weighted by atomic mass is 16.5. The average molecular weight is 189 g/mol. The van der Waals surface area contributed by atoms with Crippen molar-refractivity contribution in [2.45, 2.75) is 13.8 Å². The lowest BCUT2D eigenvalue weighted by atomic mass is 10.1. The number of rotatable bonds is 1. The Morgan fingerprint density at radius 2 is 2.07 bits per heavy atom. The lowest BCUT2D eigenvalue weighted by Crippen LogP contribution is -1.89. The monoisotopic (exact) mass is 189 g/mol. The van der Waals surface area contributed by atoms with Crippen LogP contribution in [-0.4, -0.2) is 10.1 Å². The van der Waals surface area contributed by atoms with Gasteiger partial charge >= 0.3 is 0 Å². The van der Waals surface area contributed by atoms with E-state index in [1.807, 2.05) is 26.0 Å². The van der Waals surface area contributed by atoms with Crippen molar-refractivity contribution < 1.29 is 4.52 Å². The van der Waals surface area contributed by atoms with Crippen LogP contribution in [0, 0.1) is 13.8 Å². The first-order valence-electron chi connectivity index (χ1n) is 4.33. The molecule has 14 heavy (non-hydrogen) atoms. The summed E-state index contributed by atoms with van der Waals surface area (Å²) in [7, 11) is 0. The van der Waals surface area contributed by atoms with E-state index in [9.17, 15) is 0 Å². The first-order valence-corrected chi connectivity index (χ1v) is 4.33. The zero-order chi connectivity index (χ0) is 10.1. The predicted octanol–water partition coefficient (Wildman–Crippen LogP) is 1.94. The van der Waals surface area contributed by atoms with Gasteiger partial charge in [0.1, 0.15) is 5.76 Å². The van der Waals surface area contributed by atoms with Crippen LogP contribution in [0.4, 0.5) is 5.69 Å². The number of nitrogens with two attached hydrogens (primary N) is 1. The molecule has 0 amide bonds. The van der Waals surface area contributed by atoms with Crippen molar-refractivity contribution in [1.82, 2.24) is 10.1 Å². The van der Waals surface area contributed by atoms with E-state index in [1.165, 1.54) is 0 Å². The third-order valence-corrected chi connectivity index (χ3v) is 2.08. The summed E-state index contributed by atoms with van der Waals surface area (Å²) in [4.78, 5) is 4.22. The summed E-state index contributed by atoms with van der Waals surface area (Å²) in [5.74, 6) is 0.778. The molecule has 0 fully saturated rings. The Balaban J connectivity index is 2.54. The number of hydrogen-bond donors (Lipinski definition) is 1. The third kappa shape index (κ3) is 1.35. The Labute approximate surface area is 81.7 Å². The topological polar surface area (TPSA) is 64.9 Å². The second-order valence-corrected chi connectivity index (χ2v) is 3.18. The first kappa shape index (κ1) is 8.74. The van der Waals surface area contributed by atoms with Gasteiger partial charge in [-0.25, -0.2) is 0 Å². The minimum absolute atomic E-state index is 0.653. The molecule has 0 aliphatic rings. The van der Waals surface area contributed by atoms with Crippen LogP contribution in [0.15, 0.2) is 22.9 Å². The van der Waals surface area contributed by atoms with E-state index >= 15 is 0 Å². The van der Waals surface area contributed by atoms with Crippen molar-refractivity contribution in [2.24, 2.45) is 0 Å². The minimum Gasteiger partial charge on any atom is -0.397 e. The SMILES string of the molecule is Cc1noc(C)c1-c1ccc(N)cn1. The Bertz CT molecular complexity index is 425. The van der Waals surface area contributed by atoms with Gasteiger partial charge in [-0.1, -0.05) is 5.16 Å². The first-order chi connectivity index (χ1) is 6.68. The van der Waals surface area contributed by atoms with Crippen LogP contribution < -0.4 is 5.73 Å². The molecular formula is C10H11N3O. The molecular weight excluding hydrogens is 178 g/mol. The molecule has 0 saturated carbocycles. The normalized spacial score (nSPS) is 10.4. The van der Waals surface area contributed by atoms with Gasteiger partial charge in [-0.15, -0.1) is 0 Å². The van der Waals surface area contributed by atoms with E-state index in [0.717, 1.165) is 22.7 Å². The molecule has 0 atom stereocenters. The van der Waals surface area contributed by atoms with E-state index in [2.05, 4.69) is 10.1 Å². The molecule has 0 spiro atoms. The van der Waals surface area contributed by atoms with Crippen molar-refractivity contribution >= 4 is 5.69 Å². The summed E-state index contributed by atoms with van der Waals surface area (Å²) < 4.78 is 5.06. The van der Waals surface area contributed by atoms with Gasteiger partial charge in [-0.05, 0) is 26.0 Å². The molecule has 0 saturated heterocycles. The van der Waals surface area contributed by atoms with Crippen LogP contribution in [-0.2, 0) is 0 Å². The van der Waals surface area contributed by atoms with E-state index in [-0.39, 0.29) is 0 Å². The zero-order valence-electron chi connectivity index (χ0n) is 8.11. The van der Waals surface area contributed by atoms with Gasteiger partial charge < -0.3 is 10.3 Å². The average Bonchev–Trinajstić information content (AvgIpc) is 2.49. The third-order valence-electron chi connectivity index (χ3n) is 2.08. The Morgan fingerprint density at radius 3 is 2.57 bits per heavy atom. The molecule has 2 N–H and O–H groups in total. The van der Waals surface area contributed by atoms with Gasteiger partial charge in [0.05, 0.1) is 28.8 Å². The highest BCUT2D eigenvalue weighted by molar-refractivity contribution is 5.64. The number of anilines is 1. The minimum atomic E-state index is 0.653. The summed E-state index contributed by atoms with van der Waals surface area (Å²) in [5, 5.41) is 3.87. The van der Waals surface area contributed by atoms with Gasteiger partial charge in [-0.2, -0.15) is 0 Å². The Hall–Kier alpha value is -1.84. The number of nitrogen functional groups attached to an aromatic ring is 1. The van der Waals surface area contributed by atoms with Gasteiger partial charge in [0.25, 0.3) is 0 Å². The van der Waals surface area contributed by atoms with Crippen molar-refractivity contribution in [1.29, 1.82) is 0 Å². The van der Waals surface area contributed by atoms with Crippen LogP contribution >= 0.6 is 0 Å². The Morgan fingerprint density at radius 1 is 1.29 bits per heavy atom. The number of aryl methyl sites for hydroxylation is 2. The van der Waals surface area contributed by atoms with Gasteiger partial charge in [0.2, 0.25) is 0 Å². The van der Waals surface area contributed by atoms with E-state index in [4.69, 9.17) is 10.3 Å². The summed E-state index contributed by atoms with van der Waals surface area (Å²) in [6, 6.07) is 3.68. The van der Waals surface area contributed by atoms with E-state index < -0.39 is 0 Å². The van der Waals surface area contributed by atoms with E-state index in [0.29, 0.717) is 5.69 Å². The fraction of sp³-hybridized carbons (Fsp3) is 0.200. The molecule has 72 valence electrons. The smallest absolute Gasteiger partial charge is 0.143 e. The number of hydrogen-bond acceptors (Lipinski definition) is 4. The van der Waals surface area contributed by atoms with Gasteiger partial charge in [-0.3, -0.25) is 4.98 Å². The fourth-order valence-corrected chi connectivity index (χ4v) is 1.40. The lowest BCUT2D eigenvalue weighted by molar-refractivity contribution is 0.393. The lowest BCUT2D eigenvalue weighted by Gasteiger charge is -1.98. The summed E-state index contributed by atoms with van der Waals surface area (Å²) in [5.41, 5.74) is 8.85. The van der Waals surface area contributed by atoms with Crippen LogP contribution in [0.1, 0.15) is 11.5 Å². The fourth-order valence-electron chi connectivity index (χ4n) is 1.40. The molecule has 0 aliphatic heterocycles. The largest absolute Gasteiger partial charge is 0.397 e. The molecule has 2 aromatic rings.